The van der Waals surface area contributed by atoms with Gasteiger partial charge in [-0.1, -0.05) is 19.8 Å². The van der Waals surface area contributed by atoms with Crippen LogP contribution in [0.4, 0.5) is 0 Å². The fraction of sp³-hybridized carbons (Fsp3) is 0.938. The zero-order valence-electron chi connectivity index (χ0n) is 12.2. The molecule has 1 saturated heterocycles. The quantitative estimate of drug-likeness (QED) is 0.851. The number of fused-ring (bicyclic) bond motifs is 2. The van der Waals surface area contributed by atoms with E-state index in [1.54, 1.807) is 0 Å². The van der Waals surface area contributed by atoms with Crippen LogP contribution in [0.5, 0.6) is 0 Å². The maximum absolute atomic E-state index is 12.8. The van der Waals surface area contributed by atoms with Gasteiger partial charge in [0, 0.05) is 25.0 Å². The van der Waals surface area contributed by atoms with E-state index in [0.29, 0.717) is 30.3 Å². The van der Waals surface area contributed by atoms with Crippen molar-refractivity contribution in [1.82, 2.24) is 4.90 Å². The minimum absolute atomic E-state index is 0.310. The molecule has 2 aliphatic carbocycles. The summed E-state index contributed by atoms with van der Waals surface area (Å²) in [4.78, 5) is 15.0. The first-order valence-electron chi connectivity index (χ1n) is 8.23. The highest BCUT2D eigenvalue weighted by Gasteiger charge is 2.45. The monoisotopic (exact) mass is 264 g/mol. The molecule has 3 rings (SSSR count). The molecule has 0 radical (unpaired) electrons. The van der Waals surface area contributed by atoms with Gasteiger partial charge in [0.25, 0.3) is 0 Å². The third-order valence-corrected chi connectivity index (χ3v) is 6.01. The fourth-order valence-corrected chi connectivity index (χ4v) is 4.78. The van der Waals surface area contributed by atoms with Gasteiger partial charge in [-0.25, -0.2) is 0 Å². The molecular formula is C16H28N2O. The molecule has 0 aromatic carbocycles. The van der Waals surface area contributed by atoms with Crippen molar-refractivity contribution in [2.24, 2.45) is 29.4 Å². The molecule has 2 N–H and O–H groups in total. The largest absolute Gasteiger partial charge is 0.338 e. The standard InChI is InChI=1S/C16H28N2O/c1-2-11-5-6-18(14(8-11)10-17)16(19)15-9-12-3-4-13(15)7-12/h11-15H,2-10,17H2,1H3. The minimum Gasteiger partial charge on any atom is -0.338 e. The van der Waals surface area contributed by atoms with E-state index >= 15 is 0 Å². The molecule has 2 bridgehead atoms. The van der Waals surface area contributed by atoms with Crippen LogP contribution in [0.2, 0.25) is 0 Å². The van der Waals surface area contributed by atoms with Gasteiger partial charge in [0.1, 0.15) is 0 Å². The van der Waals surface area contributed by atoms with Crippen LogP contribution in [0.25, 0.3) is 0 Å². The van der Waals surface area contributed by atoms with Crippen LogP contribution >= 0.6 is 0 Å². The Morgan fingerprint density at radius 3 is 2.63 bits per heavy atom. The van der Waals surface area contributed by atoms with Gasteiger partial charge >= 0.3 is 0 Å². The Hall–Kier alpha value is -0.570. The van der Waals surface area contributed by atoms with Crippen LogP contribution < -0.4 is 5.73 Å². The first kappa shape index (κ1) is 13.4. The average molecular weight is 264 g/mol. The Morgan fingerprint density at radius 1 is 1.21 bits per heavy atom. The van der Waals surface area contributed by atoms with Crippen molar-refractivity contribution >= 4 is 5.91 Å². The molecule has 0 spiro atoms. The molecule has 108 valence electrons. The van der Waals surface area contributed by atoms with Gasteiger partial charge < -0.3 is 10.6 Å². The third-order valence-electron chi connectivity index (χ3n) is 6.01. The lowest BCUT2D eigenvalue weighted by atomic mass is 9.84. The minimum atomic E-state index is 0.310. The number of hydrogen-bond donors (Lipinski definition) is 1. The second-order valence-electron chi connectivity index (χ2n) is 7.00. The lowest BCUT2D eigenvalue weighted by Gasteiger charge is -2.41. The van der Waals surface area contributed by atoms with E-state index in [1.165, 1.54) is 32.1 Å². The van der Waals surface area contributed by atoms with Crippen LogP contribution in [0, 0.1) is 23.7 Å². The maximum Gasteiger partial charge on any atom is 0.226 e. The van der Waals surface area contributed by atoms with Gasteiger partial charge in [-0.15, -0.1) is 0 Å². The van der Waals surface area contributed by atoms with Crippen molar-refractivity contribution in [3.8, 4) is 0 Å². The lowest BCUT2D eigenvalue weighted by Crippen LogP contribution is -2.52. The molecule has 3 aliphatic rings. The summed E-state index contributed by atoms with van der Waals surface area (Å²) < 4.78 is 0. The second kappa shape index (κ2) is 5.43. The molecule has 5 atom stereocenters. The number of carbonyl (C=O) groups is 1. The van der Waals surface area contributed by atoms with E-state index in [1.807, 2.05) is 0 Å². The van der Waals surface area contributed by atoms with E-state index in [4.69, 9.17) is 5.73 Å². The molecule has 3 fully saturated rings. The summed E-state index contributed by atoms with van der Waals surface area (Å²) in [6.45, 7) is 3.85. The zero-order valence-corrected chi connectivity index (χ0v) is 12.2. The fourth-order valence-electron chi connectivity index (χ4n) is 4.78. The van der Waals surface area contributed by atoms with Crippen LogP contribution in [-0.2, 0) is 4.79 Å². The Morgan fingerprint density at radius 2 is 2.05 bits per heavy atom. The van der Waals surface area contributed by atoms with Gasteiger partial charge in [-0.3, -0.25) is 4.79 Å². The summed E-state index contributed by atoms with van der Waals surface area (Å²) in [7, 11) is 0. The van der Waals surface area contributed by atoms with Gasteiger partial charge in [-0.2, -0.15) is 0 Å². The number of nitrogens with zero attached hydrogens (tertiary/aromatic N) is 1. The van der Waals surface area contributed by atoms with Gasteiger partial charge in [-0.05, 0) is 49.9 Å². The number of nitrogens with two attached hydrogens (primary N) is 1. The zero-order chi connectivity index (χ0) is 13.4. The van der Waals surface area contributed by atoms with Crippen molar-refractivity contribution in [2.45, 2.75) is 57.9 Å². The number of likely N-dealkylation sites (tertiary alicyclic amines) is 1. The van der Waals surface area contributed by atoms with E-state index in [9.17, 15) is 4.79 Å². The predicted molar refractivity (Wildman–Crippen MR) is 76.5 cm³/mol. The van der Waals surface area contributed by atoms with E-state index < -0.39 is 0 Å². The van der Waals surface area contributed by atoms with E-state index in [-0.39, 0.29) is 0 Å². The molecule has 1 aliphatic heterocycles. The summed E-state index contributed by atoms with van der Waals surface area (Å²) in [5, 5.41) is 0. The first-order chi connectivity index (χ1) is 9.22. The smallest absolute Gasteiger partial charge is 0.226 e. The molecule has 0 aromatic heterocycles. The number of carbonyl (C=O) groups excluding carboxylic acids is 1. The molecule has 1 heterocycles. The van der Waals surface area contributed by atoms with Gasteiger partial charge in [0.05, 0.1) is 0 Å². The summed E-state index contributed by atoms with van der Waals surface area (Å²) in [6.07, 6.45) is 8.67. The Labute approximate surface area is 116 Å². The Kier molecular flexibility index (Phi) is 3.84. The van der Waals surface area contributed by atoms with Crippen LogP contribution in [0.15, 0.2) is 0 Å². The summed E-state index contributed by atoms with van der Waals surface area (Å²) in [5.41, 5.74) is 5.93. The normalized spacial score (nSPS) is 41.8. The molecule has 1 amide bonds. The molecule has 5 unspecified atom stereocenters. The van der Waals surface area contributed by atoms with E-state index in [2.05, 4.69) is 11.8 Å². The highest BCUT2D eigenvalue weighted by molar-refractivity contribution is 5.80. The number of amides is 1. The number of piperidine rings is 1. The molecule has 3 heteroatoms. The SMILES string of the molecule is CCC1CCN(C(=O)C2CC3CCC2C3)C(CN)C1. The van der Waals surface area contributed by atoms with Gasteiger partial charge in [0.2, 0.25) is 5.91 Å². The highest BCUT2D eigenvalue weighted by Crippen LogP contribution is 2.49. The number of rotatable bonds is 3. The predicted octanol–water partition coefficient (Wildman–Crippen LogP) is 2.40. The molecule has 0 aromatic rings. The van der Waals surface area contributed by atoms with Crippen molar-refractivity contribution < 1.29 is 4.79 Å². The average Bonchev–Trinajstić information content (AvgIpc) is 3.08. The summed E-state index contributed by atoms with van der Waals surface area (Å²) in [6, 6.07) is 0.310. The van der Waals surface area contributed by atoms with Crippen molar-refractivity contribution in [3.63, 3.8) is 0 Å². The van der Waals surface area contributed by atoms with Crippen LogP contribution in [-0.4, -0.2) is 29.9 Å². The molecule has 19 heavy (non-hydrogen) atoms. The summed E-state index contributed by atoms with van der Waals surface area (Å²) >= 11 is 0. The molecule has 2 saturated carbocycles. The summed E-state index contributed by atoms with van der Waals surface area (Å²) in [5.74, 6) is 3.10. The van der Waals surface area contributed by atoms with E-state index in [0.717, 1.165) is 31.2 Å². The molecule has 3 nitrogen and oxygen atoms in total. The lowest BCUT2D eigenvalue weighted by molar-refractivity contribution is -0.141. The van der Waals surface area contributed by atoms with Crippen molar-refractivity contribution in [2.75, 3.05) is 13.1 Å². The highest BCUT2D eigenvalue weighted by atomic mass is 16.2. The Balaban J connectivity index is 1.65. The Bertz CT molecular complexity index is 344. The third kappa shape index (κ3) is 2.42. The maximum atomic E-state index is 12.8. The van der Waals surface area contributed by atoms with Gasteiger partial charge in [0.15, 0.2) is 0 Å². The van der Waals surface area contributed by atoms with Crippen molar-refractivity contribution in [1.29, 1.82) is 0 Å². The van der Waals surface area contributed by atoms with Crippen molar-refractivity contribution in [3.05, 3.63) is 0 Å². The topological polar surface area (TPSA) is 46.3 Å². The second-order valence-corrected chi connectivity index (χ2v) is 7.00. The van der Waals surface area contributed by atoms with Crippen LogP contribution in [0.1, 0.15) is 51.9 Å². The number of hydrogen-bond acceptors (Lipinski definition) is 2. The first-order valence-corrected chi connectivity index (χ1v) is 8.23. The molecular weight excluding hydrogens is 236 g/mol. The van der Waals surface area contributed by atoms with Crippen LogP contribution in [0.3, 0.4) is 0 Å².